The molecule has 1 saturated heterocycles. The van der Waals surface area contributed by atoms with E-state index in [0.717, 1.165) is 48.8 Å². The second-order valence-corrected chi connectivity index (χ2v) is 9.11. The maximum absolute atomic E-state index is 12.7. The number of hydrogen-bond donors (Lipinski definition) is 2. The van der Waals surface area contributed by atoms with Crippen molar-refractivity contribution >= 4 is 23.2 Å². The number of aryl methyl sites for hydroxylation is 1. The number of ether oxygens (including phenoxy) is 1. The average Bonchev–Trinajstić information content (AvgIpc) is 2.75. The van der Waals surface area contributed by atoms with Gasteiger partial charge in [-0.25, -0.2) is 0 Å². The zero-order chi connectivity index (χ0) is 22.6. The largest absolute Gasteiger partial charge is 0.378 e. The molecule has 0 saturated carbocycles. The summed E-state index contributed by atoms with van der Waals surface area (Å²) in [5, 5.41) is 5.71. The number of rotatable bonds is 5. The molecule has 1 aliphatic rings. The van der Waals surface area contributed by atoms with Crippen molar-refractivity contribution in [1.29, 1.82) is 0 Å². The summed E-state index contributed by atoms with van der Waals surface area (Å²) in [6.07, 6.45) is 0. The van der Waals surface area contributed by atoms with E-state index in [1.165, 1.54) is 0 Å². The topological polar surface area (TPSA) is 70.7 Å². The van der Waals surface area contributed by atoms with E-state index < -0.39 is 6.04 Å². The van der Waals surface area contributed by atoms with E-state index in [-0.39, 0.29) is 17.2 Å². The fourth-order valence-electron chi connectivity index (χ4n) is 3.51. The number of hydrogen-bond acceptors (Lipinski definition) is 4. The first-order chi connectivity index (χ1) is 14.6. The van der Waals surface area contributed by atoms with Crippen molar-refractivity contribution in [1.82, 2.24) is 5.32 Å². The van der Waals surface area contributed by atoms with E-state index in [0.29, 0.717) is 5.56 Å². The van der Waals surface area contributed by atoms with Crippen molar-refractivity contribution in [3.05, 3.63) is 59.2 Å². The molecule has 0 bridgehead atoms. The van der Waals surface area contributed by atoms with Gasteiger partial charge in [-0.2, -0.15) is 0 Å². The molecule has 0 aliphatic carbocycles. The Balaban J connectivity index is 1.59. The Kier molecular flexibility index (Phi) is 7.01. The Morgan fingerprint density at radius 3 is 2.26 bits per heavy atom. The van der Waals surface area contributed by atoms with E-state index in [2.05, 4.69) is 42.4 Å². The molecule has 2 amide bonds. The van der Waals surface area contributed by atoms with Gasteiger partial charge in [-0.1, -0.05) is 32.9 Å². The van der Waals surface area contributed by atoms with Crippen molar-refractivity contribution in [3.63, 3.8) is 0 Å². The molecule has 31 heavy (non-hydrogen) atoms. The van der Waals surface area contributed by atoms with Crippen LogP contribution in [0.2, 0.25) is 0 Å². The second kappa shape index (κ2) is 9.52. The maximum atomic E-state index is 12.7. The van der Waals surface area contributed by atoms with Crippen LogP contribution in [0, 0.1) is 6.92 Å². The predicted molar refractivity (Wildman–Crippen MR) is 125 cm³/mol. The first kappa shape index (κ1) is 22.8. The van der Waals surface area contributed by atoms with E-state index in [1.807, 2.05) is 31.2 Å². The van der Waals surface area contributed by atoms with Gasteiger partial charge in [0.25, 0.3) is 5.91 Å². The number of anilines is 2. The summed E-state index contributed by atoms with van der Waals surface area (Å²) in [5.41, 5.74) is 4.58. The first-order valence-corrected chi connectivity index (χ1v) is 10.8. The number of morpholine rings is 1. The van der Waals surface area contributed by atoms with Crippen LogP contribution in [0.15, 0.2) is 42.5 Å². The molecule has 1 aliphatic heterocycles. The Labute approximate surface area is 185 Å². The molecule has 2 N–H and O–H groups in total. The lowest BCUT2D eigenvalue weighted by atomic mass is 9.86. The summed E-state index contributed by atoms with van der Waals surface area (Å²) in [4.78, 5) is 27.5. The smallest absolute Gasteiger partial charge is 0.251 e. The Bertz CT molecular complexity index is 926. The fraction of sp³-hybridized carbons (Fsp3) is 0.440. The highest BCUT2D eigenvalue weighted by atomic mass is 16.5. The van der Waals surface area contributed by atoms with Gasteiger partial charge in [-0.15, -0.1) is 0 Å². The van der Waals surface area contributed by atoms with Crippen LogP contribution in [0.25, 0.3) is 0 Å². The van der Waals surface area contributed by atoms with Crippen LogP contribution in [0.5, 0.6) is 0 Å². The lowest BCUT2D eigenvalue weighted by Crippen LogP contribution is -2.41. The molecule has 2 aromatic carbocycles. The van der Waals surface area contributed by atoms with Gasteiger partial charge >= 0.3 is 0 Å². The average molecular weight is 424 g/mol. The standard InChI is InChI=1S/C25H33N3O3/c1-17-16-21(28-12-14-31-15-13-28)10-11-22(17)27-23(29)18(2)26-24(30)19-6-8-20(9-7-19)25(3,4)5/h6-11,16,18H,12-15H2,1-5H3,(H,26,30)(H,27,29). The van der Waals surface area contributed by atoms with Gasteiger partial charge in [-0.3, -0.25) is 9.59 Å². The fourth-order valence-corrected chi connectivity index (χ4v) is 3.51. The van der Waals surface area contributed by atoms with Gasteiger partial charge in [0.1, 0.15) is 6.04 Å². The van der Waals surface area contributed by atoms with Crippen molar-refractivity contribution < 1.29 is 14.3 Å². The number of nitrogens with one attached hydrogen (secondary N) is 2. The molecule has 1 fully saturated rings. The van der Waals surface area contributed by atoms with Crippen LogP contribution >= 0.6 is 0 Å². The summed E-state index contributed by atoms with van der Waals surface area (Å²) in [6.45, 7) is 13.2. The number of nitrogens with zero attached hydrogens (tertiary/aromatic N) is 1. The van der Waals surface area contributed by atoms with Crippen LogP contribution < -0.4 is 15.5 Å². The quantitative estimate of drug-likeness (QED) is 0.766. The number of benzene rings is 2. The summed E-state index contributed by atoms with van der Waals surface area (Å²) < 4.78 is 5.41. The third kappa shape index (κ3) is 5.85. The number of amides is 2. The highest BCUT2D eigenvalue weighted by Crippen LogP contribution is 2.24. The lowest BCUT2D eigenvalue weighted by molar-refractivity contribution is -0.117. The second-order valence-electron chi connectivity index (χ2n) is 9.11. The van der Waals surface area contributed by atoms with Gasteiger partial charge in [0.2, 0.25) is 5.91 Å². The third-order valence-corrected chi connectivity index (χ3v) is 5.60. The van der Waals surface area contributed by atoms with Crippen LogP contribution in [0.1, 0.15) is 49.2 Å². The number of carbonyl (C=O) groups excluding carboxylic acids is 2. The van der Waals surface area contributed by atoms with Crippen LogP contribution in [-0.2, 0) is 14.9 Å². The zero-order valence-electron chi connectivity index (χ0n) is 19.1. The maximum Gasteiger partial charge on any atom is 0.251 e. The molecule has 0 aromatic heterocycles. The van der Waals surface area contributed by atoms with Crippen LogP contribution in [-0.4, -0.2) is 44.2 Å². The summed E-state index contributed by atoms with van der Waals surface area (Å²) in [6, 6.07) is 12.8. The molecule has 6 nitrogen and oxygen atoms in total. The Morgan fingerprint density at radius 2 is 1.68 bits per heavy atom. The molecule has 2 aromatic rings. The van der Waals surface area contributed by atoms with Gasteiger partial charge in [0.05, 0.1) is 13.2 Å². The molecule has 3 rings (SSSR count). The molecular formula is C25H33N3O3. The predicted octanol–water partition coefficient (Wildman–Crippen LogP) is 3.89. The molecule has 166 valence electrons. The normalized spacial score (nSPS) is 15.3. The summed E-state index contributed by atoms with van der Waals surface area (Å²) >= 11 is 0. The molecule has 6 heteroatoms. The molecular weight excluding hydrogens is 390 g/mol. The van der Waals surface area contributed by atoms with Crippen LogP contribution in [0.3, 0.4) is 0 Å². The summed E-state index contributed by atoms with van der Waals surface area (Å²) in [7, 11) is 0. The minimum Gasteiger partial charge on any atom is -0.378 e. The van der Waals surface area contributed by atoms with Crippen molar-refractivity contribution in [3.8, 4) is 0 Å². The van der Waals surface area contributed by atoms with Gasteiger partial charge in [0.15, 0.2) is 0 Å². The Morgan fingerprint density at radius 1 is 1.03 bits per heavy atom. The van der Waals surface area contributed by atoms with E-state index in [1.54, 1.807) is 19.1 Å². The molecule has 1 atom stereocenters. The Hall–Kier alpha value is -2.86. The monoisotopic (exact) mass is 423 g/mol. The van der Waals surface area contributed by atoms with Gasteiger partial charge < -0.3 is 20.3 Å². The third-order valence-electron chi connectivity index (χ3n) is 5.60. The van der Waals surface area contributed by atoms with Crippen molar-refractivity contribution in [2.75, 3.05) is 36.5 Å². The highest BCUT2D eigenvalue weighted by Gasteiger charge is 2.19. The van der Waals surface area contributed by atoms with E-state index in [9.17, 15) is 9.59 Å². The molecule has 1 unspecified atom stereocenters. The van der Waals surface area contributed by atoms with Gasteiger partial charge in [-0.05, 0) is 60.7 Å². The molecule has 0 spiro atoms. The number of carbonyl (C=O) groups is 2. The zero-order valence-corrected chi connectivity index (χ0v) is 19.1. The first-order valence-electron chi connectivity index (χ1n) is 10.8. The molecule has 0 radical (unpaired) electrons. The highest BCUT2D eigenvalue weighted by molar-refractivity contribution is 6.01. The minimum absolute atomic E-state index is 0.0252. The lowest BCUT2D eigenvalue weighted by Gasteiger charge is -2.29. The summed E-state index contributed by atoms with van der Waals surface area (Å²) in [5.74, 6) is -0.510. The molecule has 1 heterocycles. The van der Waals surface area contributed by atoms with E-state index >= 15 is 0 Å². The van der Waals surface area contributed by atoms with Gasteiger partial charge in [0, 0.05) is 30.0 Å². The minimum atomic E-state index is -0.659. The van der Waals surface area contributed by atoms with Crippen molar-refractivity contribution in [2.45, 2.75) is 46.1 Å². The SMILES string of the molecule is Cc1cc(N2CCOCC2)ccc1NC(=O)C(C)NC(=O)c1ccc(C(C)(C)C)cc1. The van der Waals surface area contributed by atoms with E-state index in [4.69, 9.17) is 4.74 Å². The van der Waals surface area contributed by atoms with Crippen molar-refractivity contribution in [2.24, 2.45) is 0 Å². The van der Waals surface area contributed by atoms with Crippen LogP contribution in [0.4, 0.5) is 11.4 Å².